The molecular formula is C40H34N8. The van der Waals surface area contributed by atoms with E-state index in [9.17, 15) is 0 Å². The number of benzene rings is 4. The Morgan fingerprint density at radius 2 is 0.771 bits per heavy atom. The highest BCUT2D eigenvalue weighted by atomic mass is 15.1. The Morgan fingerprint density at radius 1 is 0.396 bits per heavy atom. The Labute approximate surface area is 277 Å². The summed E-state index contributed by atoms with van der Waals surface area (Å²) in [5, 5.41) is 4.10. The van der Waals surface area contributed by atoms with E-state index in [2.05, 4.69) is 110 Å². The van der Waals surface area contributed by atoms with Gasteiger partial charge in [-0.3, -0.25) is 0 Å². The maximum absolute atomic E-state index is 5.29. The summed E-state index contributed by atoms with van der Waals surface area (Å²) in [6.45, 7) is 8.68. The number of aryl methyl sites for hydroxylation is 4. The molecule has 0 unspecified atom stereocenters. The van der Waals surface area contributed by atoms with Gasteiger partial charge < -0.3 is 9.97 Å². The minimum Gasteiger partial charge on any atom is -0.324 e. The summed E-state index contributed by atoms with van der Waals surface area (Å²) in [4.78, 5) is 38.5. The smallest absolute Gasteiger partial charge is 0.165 e. The molecule has 0 radical (unpaired) electrons. The molecule has 48 heavy (non-hydrogen) atoms. The number of aromatic nitrogens is 8. The molecular weight excluding hydrogens is 592 g/mol. The van der Waals surface area contributed by atoms with Gasteiger partial charge in [0.05, 0.1) is 0 Å². The molecule has 0 fully saturated rings. The zero-order chi connectivity index (χ0) is 32.5. The van der Waals surface area contributed by atoms with Gasteiger partial charge in [-0.2, -0.15) is 0 Å². The van der Waals surface area contributed by atoms with Gasteiger partial charge in [0.2, 0.25) is 0 Å². The van der Waals surface area contributed by atoms with Crippen LogP contribution in [0.15, 0.2) is 72.8 Å². The van der Waals surface area contributed by atoms with Crippen LogP contribution in [0.4, 0.5) is 0 Å². The van der Waals surface area contributed by atoms with E-state index in [0.717, 1.165) is 92.1 Å². The molecule has 2 aliphatic rings. The molecule has 8 nitrogen and oxygen atoms in total. The zero-order valence-electron chi connectivity index (χ0n) is 27.4. The van der Waals surface area contributed by atoms with Gasteiger partial charge in [0.25, 0.3) is 0 Å². The molecule has 0 atom stereocenters. The summed E-state index contributed by atoms with van der Waals surface area (Å²) >= 11 is 0. The molecule has 8 bridgehead atoms. The number of hydrogen-bond acceptors (Lipinski definition) is 6. The van der Waals surface area contributed by atoms with Crippen LogP contribution in [-0.2, 0) is 25.7 Å². The quantitative estimate of drug-likeness (QED) is 0.202. The number of nitrogens with zero attached hydrogens (tertiary/aromatic N) is 6. The van der Waals surface area contributed by atoms with Gasteiger partial charge in [-0.05, 0) is 47.9 Å². The number of aromatic amines is 2. The number of nitrogens with one attached hydrogen (secondary N) is 2. The molecule has 9 rings (SSSR count). The highest BCUT2D eigenvalue weighted by Crippen LogP contribution is 2.40. The Balaban J connectivity index is 1.53. The number of rotatable bonds is 4. The first kappa shape index (κ1) is 28.5. The van der Waals surface area contributed by atoms with E-state index in [1.807, 2.05) is 0 Å². The first-order valence-corrected chi connectivity index (χ1v) is 16.9. The first-order chi connectivity index (χ1) is 23.6. The number of fused-ring (bicyclic) bond motifs is 20. The van der Waals surface area contributed by atoms with Gasteiger partial charge >= 0.3 is 0 Å². The summed E-state index contributed by atoms with van der Waals surface area (Å²) in [5.41, 5.74) is 11.7. The minimum atomic E-state index is 0.631. The lowest BCUT2D eigenvalue weighted by atomic mass is 10.00. The van der Waals surface area contributed by atoms with Crippen LogP contribution in [0.2, 0.25) is 0 Å². The lowest BCUT2D eigenvalue weighted by Gasteiger charge is -2.05. The van der Waals surface area contributed by atoms with Crippen molar-refractivity contribution in [2.45, 2.75) is 53.4 Å². The van der Waals surface area contributed by atoms with E-state index < -0.39 is 0 Å². The van der Waals surface area contributed by atoms with Crippen molar-refractivity contribution in [3.05, 3.63) is 95.1 Å². The summed E-state index contributed by atoms with van der Waals surface area (Å²) < 4.78 is 0. The normalized spacial score (nSPS) is 12.1. The number of H-pyrrole nitrogens is 2. The van der Waals surface area contributed by atoms with Crippen molar-refractivity contribution in [1.29, 1.82) is 0 Å². The third-order valence-electron chi connectivity index (χ3n) is 9.81. The molecule has 2 aliphatic heterocycles. The van der Waals surface area contributed by atoms with Crippen molar-refractivity contribution < 1.29 is 0 Å². The van der Waals surface area contributed by atoms with Crippen molar-refractivity contribution in [1.82, 2.24) is 39.9 Å². The summed E-state index contributed by atoms with van der Waals surface area (Å²) in [7, 11) is 0. The molecule has 0 saturated carbocycles. The molecule has 2 N–H and O–H groups in total. The van der Waals surface area contributed by atoms with Crippen molar-refractivity contribution >= 4 is 44.1 Å². The largest absolute Gasteiger partial charge is 0.324 e. The molecule has 4 aromatic carbocycles. The Kier molecular flexibility index (Phi) is 6.47. The highest BCUT2D eigenvalue weighted by molar-refractivity contribution is 6.08. The fourth-order valence-electron chi connectivity index (χ4n) is 7.45. The molecule has 0 spiro atoms. The van der Waals surface area contributed by atoms with Crippen molar-refractivity contribution in [3.8, 4) is 45.6 Å². The Bertz CT molecular complexity index is 2450. The minimum absolute atomic E-state index is 0.631. The molecule has 8 heteroatoms. The van der Waals surface area contributed by atoms with Gasteiger partial charge in [0.15, 0.2) is 23.3 Å². The van der Waals surface area contributed by atoms with E-state index >= 15 is 0 Å². The van der Waals surface area contributed by atoms with Crippen LogP contribution < -0.4 is 0 Å². The lowest BCUT2D eigenvalue weighted by molar-refractivity contribution is 1.13. The van der Waals surface area contributed by atoms with Crippen LogP contribution in [0, 0.1) is 0 Å². The van der Waals surface area contributed by atoms with Gasteiger partial charge in [0.1, 0.15) is 22.6 Å². The van der Waals surface area contributed by atoms with Gasteiger partial charge in [-0.15, -0.1) is 0 Å². The molecule has 0 amide bonds. The molecule has 0 saturated heterocycles. The highest BCUT2D eigenvalue weighted by Gasteiger charge is 2.25. The molecule has 234 valence electrons. The summed E-state index contributed by atoms with van der Waals surface area (Å²) in [5.74, 6) is 2.56. The van der Waals surface area contributed by atoms with Gasteiger partial charge in [-0.1, -0.05) is 100 Å². The fraction of sp³-hybridized carbons (Fsp3) is 0.200. The first-order valence-electron chi connectivity index (χ1n) is 16.9. The standard InChI is InChI=1S/C40H34N8/c1-5-21-13-9-17-25-29(21)37-43-33(25)41-34-27-19-11-15-23(7-3)31(27)39(45-34)48-40-32-24(8-4)16-12-20-28(32)36(46-40)42-35-26-18-10-14-22(6-2)30(26)38(44-35)47-37/h9-20H,5-8H2,1-4H3,(H2,41,42,43,44,45,46,47,48). The molecule has 5 heterocycles. The van der Waals surface area contributed by atoms with Crippen molar-refractivity contribution in [2.75, 3.05) is 0 Å². The van der Waals surface area contributed by atoms with Gasteiger partial charge in [-0.25, -0.2) is 29.9 Å². The topological polar surface area (TPSA) is 109 Å². The van der Waals surface area contributed by atoms with E-state index in [1.54, 1.807) is 0 Å². The zero-order valence-corrected chi connectivity index (χ0v) is 27.4. The van der Waals surface area contributed by atoms with Gasteiger partial charge in [0, 0.05) is 43.8 Å². The average Bonchev–Trinajstić information content (AvgIpc) is 3.86. The van der Waals surface area contributed by atoms with E-state index in [0.29, 0.717) is 23.3 Å². The third-order valence-corrected chi connectivity index (χ3v) is 9.81. The van der Waals surface area contributed by atoms with Crippen LogP contribution in [0.3, 0.4) is 0 Å². The van der Waals surface area contributed by atoms with Crippen LogP contribution >= 0.6 is 0 Å². The third kappa shape index (κ3) is 4.15. The van der Waals surface area contributed by atoms with Crippen LogP contribution in [0.5, 0.6) is 0 Å². The van der Waals surface area contributed by atoms with Crippen molar-refractivity contribution in [3.63, 3.8) is 0 Å². The summed E-state index contributed by atoms with van der Waals surface area (Å²) in [6, 6.07) is 25.4. The second-order valence-corrected chi connectivity index (χ2v) is 12.4. The maximum Gasteiger partial charge on any atom is 0.165 e. The molecule has 3 aromatic heterocycles. The van der Waals surface area contributed by atoms with Crippen molar-refractivity contribution in [2.24, 2.45) is 0 Å². The predicted molar refractivity (Wildman–Crippen MR) is 194 cm³/mol. The number of hydrogen-bond donors (Lipinski definition) is 2. The van der Waals surface area contributed by atoms with E-state index in [4.69, 9.17) is 29.9 Å². The second kappa shape index (κ2) is 10.9. The fourth-order valence-corrected chi connectivity index (χ4v) is 7.45. The Morgan fingerprint density at radius 3 is 1.19 bits per heavy atom. The molecule has 7 aromatic rings. The SMILES string of the molecule is CCc1cccc2c1-c1nc-2nc2[nH]c(nc3nc(nc4[nH]c(n1)c1c(CC)cccc41)-c1cccc(CC)c1-3)c1c(CC)cccc21. The predicted octanol–water partition coefficient (Wildman–Crippen LogP) is 9.12. The van der Waals surface area contributed by atoms with Crippen LogP contribution in [0.1, 0.15) is 49.9 Å². The average molecular weight is 627 g/mol. The monoisotopic (exact) mass is 626 g/mol. The lowest BCUT2D eigenvalue weighted by Crippen LogP contribution is -1.90. The van der Waals surface area contributed by atoms with Crippen LogP contribution in [-0.4, -0.2) is 39.9 Å². The molecule has 0 aliphatic carbocycles. The van der Waals surface area contributed by atoms with Crippen LogP contribution in [0.25, 0.3) is 89.7 Å². The second-order valence-electron chi connectivity index (χ2n) is 12.4. The maximum atomic E-state index is 5.29. The Hall–Kier alpha value is -5.76. The van der Waals surface area contributed by atoms with E-state index in [-0.39, 0.29) is 0 Å². The summed E-state index contributed by atoms with van der Waals surface area (Å²) in [6.07, 6.45) is 3.41. The van der Waals surface area contributed by atoms with E-state index in [1.165, 1.54) is 22.3 Å².